The van der Waals surface area contributed by atoms with Gasteiger partial charge in [-0.15, -0.1) is 0 Å². The first kappa shape index (κ1) is 12.0. The van der Waals surface area contributed by atoms with Gasteiger partial charge >= 0.3 is 12.0 Å². The molecule has 0 aliphatic heterocycles. The quantitative estimate of drug-likeness (QED) is 0.737. The average molecular weight is 227 g/mol. The Labute approximate surface area is 92.1 Å². The van der Waals surface area contributed by atoms with E-state index in [0.717, 1.165) is 0 Å². The number of rotatable bonds is 4. The van der Waals surface area contributed by atoms with Crippen molar-refractivity contribution in [1.29, 1.82) is 0 Å². The number of amides is 2. The van der Waals surface area contributed by atoms with Crippen molar-refractivity contribution >= 4 is 17.9 Å². The largest absolute Gasteiger partial charge is 0.465 e. The van der Waals surface area contributed by atoms with Gasteiger partial charge in [0.1, 0.15) is 6.54 Å². The number of aromatic nitrogens is 1. The van der Waals surface area contributed by atoms with E-state index in [-0.39, 0.29) is 19.0 Å². The fourth-order valence-corrected chi connectivity index (χ4v) is 0.943. The number of ether oxygens (including phenoxy) is 1. The van der Waals surface area contributed by atoms with Crippen LogP contribution in [0.3, 0.4) is 0 Å². The van der Waals surface area contributed by atoms with E-state index in [2.05, 4.69) is 20.5 Å². The normalized spacial score (nSPS) is 9.62. The number of esters is 1. The van der Waals surface area contributed by atoms with E-state index >= 15 is 0 Å². The van der Waals surface area contributed by atoms with Gasteiger partial charge in [0, 0.05) is 6.07 Å². The minimum absolute atomic E-state index is 0.188. The van der Waals surface area contributed by atoms with E-state index < -0.39 is 12.0 Å². The van der Waals surface area contributed by atoms with Gasteiger partial charge in [0.25, 0.3) is 0 Å². The Morgan fingerprint density at radius 1 is 1.56 bits per heavy atom. The highest BCUT2D eigenvalue weighted by Crippen LogP contribution is 2.07. The molecule has 0 atom stereocenters. The second-order valence-corrected chi connectivity index (χ2v) is 2.95. The smallest absolute Gasteiger partial charge is 0.325 e. The molecule has 0 aliphatic carbocycles. The van der Waals surface area contributed by atoms with Crippen LogP contribution in [0.15, 0.2) is 10.6 Å². The molecule has 88 valence electrons. The molecule has 0 spiro atoms. The van der Waals surface area contributed by atoms with Crippen molar-refractivity contribution in [2.24, 2.45) is 0 Å². The molecular formula is C9H13N3O4. The molecule has 0 aliphatic rings. The molecule has 0 aromatic carbocycles. The molecule has 0 bridgehead atoms. The fraction of sp³-hybridized carbons (Fsp3) is 0.444. The summed E-state index contributed by atoms with van der Waals surface area (Å²) in [6.07, 6.45) is 0. The van der Waals surface area contributed by atoms with E-state index in [4.69, 9.17) is 4.52 Å². The molecule has 16 heavy (non-hydrogen) atoms. The minimum Gasteiger partial charge on any atom is -0.465 e. The maximum atomic E-state index is 11.2. The molecule has 7 heteroatoms. The highest BCUT2D eigenvalue weighted by Gasteiger charge is 2.08. The van der Waals surface area contributed by atoms with Gasteiger partial charge in [-0.05, 0) is 13.8 Å². The lowest BCUT2D eigenvalue weighted by atomic mass is 10.5. The lowest BCUT2D eigenvalue weighted by Gasteiger charge is -2.04. The molecule has 0 radical (unpaired) electrons. The summed E-state index contributed by atoms with van der Waals surface area (Å²) >= 11 is 0. The summed E-state index contributed by atoms with van der Waals surface area (Å²) in [5, 5.41) is 8.27. The molecule has 1 rings (SSSR count). The van der Waals surface area contributed by atoms with E-state index in [1.165, 1.54) is 0 Å². The second kappa shape index (κ2) is 5.74. The average Bonchev–Trinajstić information content (AvgIpc) is 2.61. The lowest BCUT2D eigenvalue weighted by Crippen LogP contribution is -2.34. The molecule has 0 unspecified atom stereocenters. The van der Waals surface area contributed by atoms with Gasteiger partial charge in [0.05, 0.1) is 12.3 Å². The highest BCUT2D eigenvalue weighted by atomic mass is 16.5. The van der Waals surface area contributed by atoms with Crippen molar-refractivity contribution in [1.82, 2.24) is 10.5 Å². The van der Waals surface area contributed by atoms with Gasteiger partial charge in [-0.2, -0.15) is 0 Å². The zero-order valence-electron chi connectivity index (χ0n) is 9.07. The summed E-state index contributed by atoms with van der Waals surface area (Å²) in [6, 6.07) is 1.01. The first-order valence-electron chi connectivity index (χ1n) is 4.75. The van der Waals surface area contributed by atoms with E-state index in [9.17, 15) is 9.59 Å². The third-order valence-corrected chi connectivity index (χ3v) is 1.56. The van der Waals surface area contributed by atoms with Crippen molar-refractivity contribution in [3.63, 3.8) is 0 Å². The van der Waals surface area contributed by atoms with Crippen molar-refractivity contribution < 1.29 is 18.8 Å². The van der Waals surface area contributed by atoms with Gasteiger partial charge in [-0.25, -0.2) is 4.79 Å². The molecule has 0 saturated carbocycles. The van der Waals surface area contributed by atoms with Gasteiger partial charge in [-0.3, -0.25) is 10.1 Å². The van der Waals surface area contributed by atoms with Crippen molar-refractivity contribution in [3.8, 4) is 0 Å². The third kappa shape index (κ3) is 3.99. The standard InChI is InChI=1S/C9H13N3O4/c1-3-15-8(13)5-10-9(14)11-7-4-6(2)12-16-7/h4H,3,5H2,1-2H3,(H2,10,11,14). The zero-order chi connectivity index (χ0) is 12.0. The molecular weight excluding hydrogens is 214 g/mol. The number of carbonyl (C=O) groups excluding carboxylic acids is 2. The third-order valence-electron chi connectivity index (χ3n) is 1.56. The number of hydrogen-bond acceptors (Lipinski definition) is 5. The Bertz CT molecular complexity index is 375. The molecule has 0 saturated heterocycles. The van der Waals surface area contributed by atoms with Crippen LogP contribution in [0, 0.1) is 6.92 Å². The molecule has 1 aromatic heterocycles. The Hall–Kier alpha value is -2.05. The maximum absolute atomic E-state index is 11.2. The molecule has 7 nitrogen and oxygen atoms in total. The van der Waals surface area contributed by atoms with Crippen molar-refractivity contribution in [3.05, 3.63) is 11.8 Å². The minimum atomic E-state index is -0.552. The van der Waals surface area contributed by atoms with Gasteiger partial charge in [-0.1, -0.05) is 5.16 Å². The number of aryl methyl sites for hydroxylation is 1. The summed E-state index contributed by atoms with van der Waals surface area (Å²) in [5.41, 5.74) is 0.653. The predicted molar refractivity (Wildman–Crippen MR) is 54.9 cm³/mol. The van der Waals surface area contributed by atoms with Crippen LogP contribution in [0.1, 0.15) is 12.6 Å². The van der Waals surface area contributed by atoms with E-state index in [0.29, 0.717) is 5.69 Å². The number of carbonyl (C=O) groups is 2. The second-order valence-electron chi connectivity index (χ2n) is 2.95. The number of urea groups is 1. The van der Waals surface area contributed by atoms with Crippen LogP contribution in [0.2, 0.25) is 0 Å². The van der Waals surface area contributed by atoms with Crippen LogP contribution in [0.25, 0.3) is 0 Å². The Kier molecular flexibility index (Phi) is 4.31. The summed E-state index contributed by atoms with van der Waals surface area (Å²) in [6.45, 7) is 3.51. The van der Waals surface area contributed by atoms with Crippen molar-refractivity contribution in [2.45, 2.75) is 13.8 Å². The van der Waals surface area contributed by atoms with Crippen LogP contribution in [0.4, 0.5) is 10.7 Å². The Balaban J connectivity index is 2.28. The zero-order valence-corrected chi connectivity index (χ0v) is 9.07. The summed E-state index contributed by atoms with van der Waals surface area (Å²) < 4.78 is 9.38. The predicted octanol–water partition coefficient (Wildman–Crippen LogP) is 0.668. The number of nitrogens with zero attached hydrogens (tertiary/aromatic N) is 1. The first-order valence-corrected chi connectivity index (χ1v) is 4.75. The van der Waals surface area contributed by atoms with Crippen molar-refractivity contribution in [2.75, 3.05) is 18.5 Å². The monoisotopic (exact) mass is 227 g/mol. The number of hydrogen-bond donors (Lipinski definition) is 2. The Morgan fingerprint density at radius 3 is 2.88 bits per heavy atom. The van der Waals surface area contributed by atoms with Gasteiger partial charge in [0.15, 0.2) is 0 Å². The molecule has 2 amide bonds. The summed E-state index contributed by atoms with van der Waals surface area (Å²) in [7, 11) is 0. The summed E-state index contributed by atoms with van der Waals surface area (Å²) in [4.78, 5) is 22.1. The maximum Gasteiger partial charge on any atom is 0.325 e. The summed E-state index contributed by atoms with van der Waals surface area (Å²) in [5.74, 6) is -0.273. The lowest BCUT2D eigenvalue weighted by molar-refractivity contribution is -0.141. The van der Waals surface area contributed by atoms with Crippen LogP contribution >= 0.6 is 0 Å². The Morgan fingerprint density at radius 2 is 2.31 bits per heavy atom. The SMILES string of the molecule is CCOC(=O)CNC(=O)Nc1cc(C)no1. The van der Waals surface area contributed by atoms with E-state index in [1.807, 2.05) is 0 Å². The van der Waals surface area contributed by atoms with E-state index in [1.54, 1.807) is 19.9 Å². The van der Waals surface area contributed by atoms with Gasteiger partial charge in [0.2, 0.25) is 5.88 Å². The topological polar surface area (TPSA) is 93.5 Å². The molecule has 1 heterocycles. The molecule has 1 aromatic rings. The number of nitrogens with one attached hydrogen (secondary N) is 2. The van der Waals surface area contributed by atoms with Crippen LogP contribution in [-0.4, -0.2) is 30.3 Å². The first-order chi connectivity index (χ1) is 7.61. The van der Waals surface area contributed by atoms with Gasteiger partial charge < -0.3 is 14.6 Å². The van der Waals surface area contributed by atoms with Crippen LogP contribution < -0.4 is 10.6 Å². The van der Waals surface area contributed by atoms with Crippen LogP contribution in [-0.2, 0) is 9.53 Å². The van der Waals surface area contributed by atoms with Crippen LogP contribution in [0.5, 0.6) is 0 Å². The number of anilines is 1. The highest BCUT2D eigenvalue weighted by molar-refractivity contribution is 5.90. The molecule has 2 N–H and O–H groups in total. The fourth-order valence-electron chi connectivity index (χ4n) is 0.943. The molecule has 0 fully saturated rings.